The van der Waals surface area contributed by atoms with E-state index < -0.39 is 0 Å². The Hall–Kier alpha value is -1.32. The molecule has 1 heterocycles. The van der Waals surface area contributed by atoms with Crippen LogP contribution in [0.3, 0.4) is 0 Å². The highest BCUT2D eigenvalue weighted by Gasteiger charge is 1.99. The maximum atomic E-state index is 4.84. The number of nitrogens with zero attached hydrogens (tertiary/aromatic N) is 3. The molecule has 0 atom stereocenters. The lowest BCUT2D eigenvalue weighted by atomic mass is 10.5. The maximum absolute atomic E-state index is 4.84. The Balaban J connectivity index is 2.91. The van der Waals surface area contributed by atoms with E-state index in [1.54, 1.807) is 6.20 Å². The minimum atomic E-state index is 0.368. The molecule has 59 valence electrons. The fourth-order valence-corrected chi connectivity index (χ4v) is 0.624. The topological polar surface area (TPSA) is 38.2 Å². The van der Waals surface area contributed by atoms with Crippen molar-refractivity contribution in [1.29, 1.82) is 0 Å². The first-order chi connectivity index (χ1) is 5.24. The van der Waals surface area contributed by atoms with Crippen LogP contribution >= 0.6 is 0 Å². The largest absolute Gasteiger partial charge is 0.467 e. The Morgan fingerprint density at radius 1 is 1.55 bits per heavy atom. The fraction of sp³-hybridized carbons (Fsp3) is 0.429. The van der Waals surface area contributed by atoms with Gasteiger partial charge in [-0.15, -0.1) is 0 Å². The molecule has 0 spiro atoms. The molecule has 11 heavy (non-hydrogen) atoms. The molecule has 0 bridgehead atoms. The summed E-state index contributed by atoms with van der Waals surface area (Å²) in [7, 11) is 5.31. The van der Waals surface area contributed by atoms with E-state index in [1.807, 2.05) is 19.0 Å². The van der Waals surface area contributed by atoms with Gasteiger partial charge in [-0.3, -0.25) is 0 Å². The Labute approximate surface area is 65.8 Å². The molecule has 4 nitrogen and oxygen atoms in total. The zero-order chi connectivity index (χ0) is 8.27. The van der Waals surface area contributed by atoms with Crippen LogP contribution in [0.25, 0.3) is 0 Å². The van der Waals surface area contributed by atoms with Gasteiger partial charge >= 0.3 is 6.01 Å². The van der Waals surface area contributed by atoms with Crippen molar-refractivity contribution in [2.45, 2.75) is 0 Å². The predicted octanol–water partition coefficient (Wildman–Crippen LogP) is 0.351. The number of aromatic nitrogens is 2. The summed E-state index contributed by atoms with van der Waals surface area (Å²) < 4.78 is 4.84. The van der Waals surface area contributed by atoms with Gasteiger partial charge in [-0.2, -0.15) is 4.98 Å². The van der Waals surface area contributed by atoms with Crippen LogP contribution in [0.2, 0.25) is 0 Å². The van der Waals surface area contributed by atoms with Gasteiger partial charge in [0.2, 0.25) is 0 Å². The van der Waals surface area contributed by atoms with Gasteiger partial charge in [-0.1, -0.05) is 0 Å². The summed E-state index contributed by atoms with van der Waals surface area (Å²) in [5.74, 6) is 0.719. The van der Waals surface area contributed by atoms with Crippen molar-refractivity contribution in [3.05, 3.63) is 12.3 Å². The third-order valence-corrected chi connectivity index (χ3v) is 1.18. The van der Waals surface area contributed by atoms with Crippen LogP contribution in [-0.4, -0.2) is 31.2 Å². The van der Waals surface area contributed by atoms with E-state index in [1.165, 1.54) is 7.11 Å². The molecule has 4 heteroatoms. The summed E-state index contributed by atoms with van der Waals surface area (Å²) in [5.41, 5.74) is 0. The first-order valence-electron chi connectivity index (χ1n) is 3.20. The lowest BCUT2D eigenvalue weighted by Crippen LogP contribution is -2.11. The van der Waals surface area contributed by atoms with Crippen LogP contribution in [0.15, 0.2) is 6.20 Å². The first kappa shape index (κ1) is 7.78. The van der Waals surface area contributed by atoms with Crippen LogP contribution in [0, 0.1) is 6.07 Å². The highest BCUT2D eigenvalue weighted by molar-refractivity contribution is 5.34. The third-order valence-electron chi connectivity index (χ3n) is 1.18. The highest BCUT2D eigenvalue weighted by atomic mass is 16.5. The molecule has 1 rings (SSSR count). The van der Waals surface area contributed by atoms with E-state index in [2.05, 4.69) is 16.0 Å². The highest BCUT2D eigenvalue weighted by Crippen LogP contribution is 2.07. The summed E-state index contributed by atoms with van der Waals surface area (Å²) in [5, 5.41) is 0. The number of ether oxygens (including phenoxy) is 1. The number of anilines is 1. The summed E-state index contributed by atoms with van der Waals surface area (Å²) in [6, 6.07) is 3.23. The molecule has 0 amide bonds. The SMILES string of the molecule is COc1nc[c]c(N(C)C)n1. The molecule has 0 saturated heterocycles. The third kappa shape index (κ3) is 1.80. The summed E-state index contributed by atoms with van der Waals surface area (Å²) in [4.78, 5) is 9.69. The van der Waals surface area contributed by atoms with E-state index in [9.17, 15) is 0 Å². The van der Waals surface area contributed by atoms with Crippen molar-refractivity contribution in [3.63, 3.8) is 0 Å². The first-order valence-corrected chi connectivity index (χ1v) is 3.20. The molecule has 0 N–H and O–H groups in total. The van der Waals surface area contributed by atoms with Gasteiger partial charge in [0.05, 0.1) is 7.11 Å². The van der Waals surface area contributed by atoms with Gasteiger partial charge in [-0.05, 0) is 0 Å². The van der Waals surface area contributed by atoms with Crippen LogP contribution in [0.5, 0.6) is 6.01 Å². The van der Waals surface area contributed by atoms with E-state index in [-0.39, 0.29) is 0 Å². The van der Waals surface area contributed by atoms with Crippen molar-refractivity contribution >= 4 is 5.82 Å². The normalized spacial score (nSPS) is 9.36. The number of hydrogen-bond donors (Lipinski definition) is 0. The fourth-order valence-electron chi connectivity index (χ4n) is 0.624. The molecule has 0 aliphatic rings. The summed E-state index contributed by atoms with van der Waals surface area (Å²) in [6.07, 6.45) is 1.54. The molecule has 1 radical (unpaired) electrons. The number of methoxy groups -OCH3 is 1. The van der Waals surface area contributed by atoms with Crippen LogP contribution in [-0.2, 0) is 0 Å². The van der Waals surface area contributed by atoms with E-state index >= 15 is 0 Å². The number of hydrogen-bond acceptors (Lipinski definition) is 4. The Kier molecular flexibility index (Phi) is 2.25. The lowest BCUT2D eigenvalue weighted by Gasteiger charge is -2.09. The molecular weight excluding hydrogens is 142 g/mol. The Morgan fingerprint density at radius 2 is 2.27 bits per heavy atom. The monoisotopic (exact) mass is 152 g/mol. The molecule has 1 aromatic heterocycles. The van der Waals surface area contributed by atoms with Gasteiger partial charge in [0.15, 0.2) is 0 Å². The van der Waals surface area contributed by atoms with Crippen molar-refractivity contribution in [2.75, 3.05) is 26.1 Å². The molecule has 0 unspecified atom stereocenters. The smallest absolute Gasteiger partial charge is 0.318 e. The molecule has 1 aromatic rings. The molecule has 0 fully saturated rings. The standard InChI is InChI=1S/C7H10N3O/c1-10(2)6-4-5-8-7(9-6)11-3/h5H,1-3H3. The molecule has 0 saturated carbocycles. The summed E-state index contributed by atoms with van der Waals surface area (Å²) in [6.45, 7) is 0. The molecule has 0 aromatic carbocycles. The van der Waals surface area contributed by atoms with E-state index in [0.29, 0.717) is 6.01 Å². The lowest BCUT2D eigenvalue weighted by molar-refractivity contribution is 0.380. The average molecular weight is 152 g/mol. The van der Waals surface area contributed by atoms with Crippen LogP contribution in [0.4, 0.5) is 5.82 Å². The second kappa shape index (κ2) is 3.18. The number of rotatable bonds is 2. The minimum absolute atomic E-state index is 0.368. The Morgan fingerprint density at radius 3 is 2.82 bits per heavy atom. The van der Waals surface area contributed by atoms with Gasteiger partial charge in [-0.25, -0.2) is 4.98 Å². The zero-order valence-electron chi connectivity index (χ0n) is 6.83. The second-order valence-electron chi connectivity index (χ2n) is 2.22. The minimum Gasteiger partial charge on any atom is -0.467 e. The van der Waals surface area contributed by atoms with Gasteiger partial charge in [0, 0.05) is 26.4 Å². The predicted molar refractivity (Wildman–Crippen MR) is 41.7 cm³/mol. The summed E-state index contributed by atoms with van der Waals surface area (Å²) >= 11 is 0. The molecule has 0 aliphatic carbocycles. The van der Waals surface area contributed by atoms with Gasteiger partial charge < -0.3 is 9.64 Å². The van der Waals surface area contributed by atoms with Gasteiger partial charge in [0.25, 0.3) is 0 Å². The van der Waals surface area contributed by atoms with E-state index in [4.69, 9.17) is 4.74 Å². The molecule has 0 aliphatic heterocycles. The van der Waals surface area contributed by atoms with Crippen LogP contribution in [0.1, 0.15) is 0 Å². The average Bonchev–Trinajstić information content (AvgIpc) is 2.05. The zero-order valence-corrected chi connectivity index (χ0v) is 6.83. The van der Waals surface area contributed by atoms with Crippen LogP contribution < -0.4 is 9.64 Å². The van der Waals surface area contributed by atoms with Gasteiger partial charge in [0.1, 0.15) is 5.82 Å². The maximum Gasteiger partial charge on any atom is 0.318 e. The van der Waals surface area contributed by atoms with Crippen molar-refractivity contribution in [1.82, 2.24) is 9.97 Å². The Bertz CT molecular complexity index is 237. The van der Waals surface area contributed by atoms with Crippen molar-refractivity contribution < 1.29 is 4.74 Å². The quantitative estimate of drug-likeness (QED) is 0.613. The van der Waals surface area contributed by atoms with E-state index in [0.717, 1.165) is 5.82 Å². The second-order valence-corrected chi connectivity index (χ2v) is 2.22. The molecular formula is C7H10N3O. The van der Waals surface area contributed by atoms with Crippen molar-refractivity contribution in [2.24, 2.45) is 0 Å². The van der Waals surface area contributed by atoms with Crippen molar-refractivity contribution in [3.8, 4) is 6.01 Å².